The zero-order chi connectivity index (χ0) is 19.1. The smallest absolute Gasteiger partial charge is 0.223 e. The maximum Gasteiger partial charge on any atom is 0.223 e. The van der Waals surface area contributed by atoms with E-state index in [1.54, 1.807) is 7.11 Å². The van der Waals surface area contributed by atoms with Crippen LogP contribution in [0.5, 0.6) is 5.75 Å². The van der Waals surface area contributed by atoms with E-state index in [1.807, 2.05) is 24.3 Å². The summed E-state index contributed by atoms with van der Waals surface area (Å²) in [7, 11) is 1.68. The number of carbonyl (C=O) groups excluding carboxylic acids is 1. The summed E-state index contributed by atoms with van der Waals surface area (Å²) in [6, 6.07) is 16.7. The molecule has 0 saturated carbocycles. The Morgan fingerprint density at radius 2 is 1.85 bits per heavy atom. The van der Waals surface area contributed by atoms with Gasteiger partial charge in [0, 0.05) is 13.0 Å². The second kappa shape index (κ2) is 9.56. The molecule has 1 unspecified atom stereocenters. The van der Waals surface area contributed by atoms with E-state index < -0.39 is 0 Å². The quantitative estimate of drug-likeness (QED) is 0.711. The van der Waals surface area contributed by atoms with Crippen LogP contribution in [-0.2, 0) is 17.8 Å². The van der Waals surface area contributed by atoms with Gasteiger partial charge in [-0.3, -0.25) is 4.79 Å². The Balaban J connectivity index is 1.77. The highest BCUT2D eigenvalue weighted by Crippen LogP contribution is 2.35. The fourth-order valence-electron chi connectivity index (χ4n) is 3.84. The number of ether oxygens (including phenoxy) is 1. The Morgan fingerprint density at radius 3 is 2.59 bits per heavy atom. The molecule has 27 heavy (non-hydrogen) atoms. The van der Waals surface area contributed by atoms with Crippen LogP contribution in [0.2, 0.25) is 0 Å². The second-order valence-corrected chi connectivity index (χ2v) is 7.24. The predicted octanol–water partition coefficient (Wildman–Crippen LogP) is 4.23. The monoisotopic (exact) mass is 366 g/mol. The maximum atomic E-state index is 13.0. The van der Waals surface area contributed by atoms with Gasteiger partial charge in [-0.05, 0) is 54.6 Å². The van der Waals surface area contributed by atoms with Crippen molar-refractivity contribution in [3.8, 4) is 5.75 Å². The Morgan fingerprint density at radius 1 is 1.07 bits per heavy atom. The molecule has 1 heterocycles. The van der Waals surface area contributed by atoms with E-state index in [9.17, 15) is 4.79 Å². The molecule has 0 aliphatic carbocycles. The molecule has 2 N–H and O–H groups in total. The predicted molar refractivity (Wildman–Crippen MR) is 109 cm³/mol. The fraction of sp³-hybridized carbons (Fsp3) is 0.435. The lowest BCUT2D eigenvalue weighted by Crippen LogP contribution is -2.38. The van der Waals surface area contributed by atoms with Gasteiger partial charge in [0.25, 0.3) is 0 Å². The van der Waals surface area contributed by atoms with Crippen LogP contribution in [0.3, 0.4) is 0 Å². The molecule has 0 spiro atoms. The summed E-state index contributed by atoms with van der Waals surface area (Å²) in [6.45, 7) is 1.38. The average Bonchev–Trinajstić information content (AvgIpc) is 2.72. The molecule has 1 aliphatic heterocycles. The first-order valence-corrected chi connectivity index (χ1v) is 9.93. The first-order valence-electron chi connectivity index (χ1n) is 9.93. The van der Waals surface area contributed by atoms with Crippen molar-refractivity contribution in [3.63, 3.8) is 0 Å². The zero-order valence-corrected chi connectivity index (χ0v) is 16.2. The lowest BCUT2D eigenvalue weighted by Gasteiger charge is -2.37. The van der Waals surface area contributed by atoms with E-state index in [0.717, 1.165) is 44.4 Å². The Kier molecular flexibility index (Phi) is 6.88. The van der Waals surface area contributed by atoms with Crippen molar-refractivity contribution in [2.45, 2.75) is 51.1 Å². The largest absolute Gasteiger partial charge is 0.497 e. The van der Waals surface area contributed by atoms with Crippen LogP contribution in [0.4, 0.5) is 0 Å². The fourth-order valence-corrected chi connectivity index (χ4v) is 3.84. The van der Waals surface area contributed by atoms with Gasteiger partial charge in [-0.25, -0.2) is 0 Å². The van der Waals surface area contributed by atoms with Gasteiger partial charge in [-0.2, -0.15) is 0 Å². The van der Waals surface area contributed by atoms with E-state index in [-0.39, 0.29) is 11.9 Å². The van der Waals surface area contributed by atoms with Crippen LogP contribution in [0.25, 0.3) is 0 Å². The highest BCUT2D eigenvalue weighted by molar-refractivity contribution is 5.77. The number of methoxy groups -OCH3 is 1. The van der Waals surface area contributed by atoms with Gasteiger partial charge in [-0.15, -0.1) is 0 Å². The molecule has 144 valence electrons. The summed E-state index contributed by atoms with van der Waals surface area (Å²) in [5, 5.41) is 0. The zero-order valence-electron chi connectivity index (χ0n) is 16.2. The molecule has 1 amide bonds. The Hall–Kier alpha value is -2.33. The van der Waals surface area contributed by atoms with Gasteiger partial charge in [0.1, 0.15) is 5.75 Å². The van der Waals surface area contributed by atoms with Crippen molar-refractivity contribution in [3.05, 3.63) is 65.2 Å². The molecule has 0 bridgehead atoms. The summed E-state index contributed by atoms with van der Waals surface area (Å²) in [5.74, 6) is 1.09. The van der Waals surface area contributed by atoms with Gasteiger partial charge in [0.15, 0.2) is 0 Å². The van der Waals surface area contributed by atoms with Crippen molar-refractivity contribution in [2.75, 3.05) is 13.7 Å². The van der Waals surface area contributed by atoms with Crippen LogP contribution in [0, 0.1) is 0 Å². The minimum atomic E-state index is 0.101. The molecule has 0 aromatic heterocycles. The van der Waals surface area contributed by atoms with Gasteiger partial charge >= 0.3 is 0 Å². The third-order valence-electron chi connectivity index (χ3n) is 5.39. The Bertz CT molecular complexity index is 745. The number of nitrogens with two attached hydrogens (primary N) is 1. The van der Waals surface area contributed by atoms with E-state index >= 15 is 0 Å². The van der Waals surface area contributed by atoms with Crippen LogP contribution >= 0.6 is 0 Å². The third-order valence-corrected chi connectivity index (χ3v) is 5.39. The number of hydrogen-bond acceptors (Lipinski definition) is 3. The van der Waals surface area contributed by atoms with Crippen molar-refractivity contribution in [1.82, 2.24) is 4.90 Å². The van der Waals surface area contributed by atoms with E-state index in [1.165, 1.54) is 16.7 Å². The van der Waals surface area contributed by atoms with E-state index in [0.29, 0.717) is 13.0 Å². The SMILES string of the molecule is COc1ccc2c(c1)CN(C(=O)CCCCCCN)C(c1ccccc1)C2. The van der Waals surface area contributed by atoms with Crippen LogP contribution in [0.1, 0.15) is 54.8 Å². The van der Waals surface area contributed by atoms with Crippen molar-refractivity contribution in [2.24, 2.45) is 5.73 Å². The molecule has 2 aromatic rings. The molecule has 3 rings (SSSR count). The third kappa shape index (κ3) is 4.89. The number of hydrogen-bond donors (Lipinski definition) is 1. The van der Waals surface area contributed by atoms with Gasteiger partial charge < -0.3 is 15.4 Å². The molecule has 4 heteroatoms. The number of fused-ring (bicyclic) bond motifs is 1. The van der Waals surface area contributed by atoms with Gasteiger partial charge in [-0.1, -0.05) is 49.2 Å². The summed E-state index contributed by atoms with van der Waals surface area (Å²) in [4.78, 5) is 15.1. The standard InChI is InChI=1S/C23H30N2O2/c1-27-21-13-12-19-16-22(18-9-5-4-6-10-18)25(17-20(19)15-21)23(26)11-7-2-3-8-14-24/h4-6,9-10,12-13,15,22H,2-3,7-8,11,14,16-17,24H2,1H3. The molecule has 4 nitrogen and oxygen atoms in total. The molecular formula is C23H30N2O2. The minimum Gasteiger partial charge on any atom is -0.497 e. The van der Waals surface area contributed by atoms with E-state index in [2.05, 4.69) is 29.2 Å². The molecule has 0 radical (unpaired) electrons. The number of nitrogens with zero attached hydrogens (tertiary/aromatic N) is 1. The van der Waals surface area contributed by atoms with Crippen molar-refractivity contribution >= 4 is 5.91 Å². The highest BCUT2D eigenvalue weighted by atomic mass is 16.5. The normalized spacial score (nSPS) is 16.1. The first-order chi connectivity index (χ1) is 13.2. The second-order valence-electron chi connectivity index (χ2n) is 7.24. The van der Waals surface area contributed by atoms with Crippen LogP contribution in [-0.4, -0.2) is 24.5 Å². The lowest BCUT2D eigenvalue weighted by atomic mass is 9.89. The van der Waals surface area contributed by atoms with Crippen LogP contribution < -0.4 is 10.5 Å². The molecule has 1 atom stereocenters. The number of amides is 1. The van der Waals surface area contributed by atoms with Crippen molar-refractivity contribution < 1.29 is 9.53 Å². The summed E-state index contributed by atoms with van der Waals surface area (Å²) in [6.07, 6.45) is 5.60. The highest BCUT2D eigenvalue weighted by Gasteiger charge is 2.30. The Labute approximate surface area is 162 Å². The molecule has 2 aromatic carbocycles. The first kappa shape index (κ1) is 19.4. The summed E-state index contributed by atoms with van der Waals surface area (Å²) in [5.41, 5.74) is 9.25. The van der Waals surface area contributed by atoms with Gasteiger partial charge in [0.2, 0.25) is 5.91 Å². The lowest BCUT2D eigenvalue weighted by molar-refractivity contribution is -0.135. The molecule has 1 aliphatic rings. The number of carbonyl (C=O) groups is 1. The summed E-state index contributed by atoms with van der Waals surface area (Å²) >= 11 is 0. The average molecular weight is 367 g/mol. The molecular weight excluding hydrogens is 336 g/mol. The van der Waals surface area contributed by atoms with E-state index in [4.69, 9.17) is 10.5 Å². The maximum absolute atomic E-state index is 13.0. The molecule has 0 saturated heterocycles. The van der Waals surface area contributed by atoms with Gasteiger partial charge in [0.05, 0.1) is 13.2 Å². The minimum absolute atomic E-state index is 0.101. The summed E-state index contributed by atoms with van der Waals surface area (Å²) < 4.78 is 5.38. The number of benzene rings is 2. The topological polar surface area (TPSA) is 55.6 Å². The van der Waals surface area contributed by atoms with Crippen molar-refractivity contribution in [1.29, 1.82) is 0 Å². The number of unbranched alkanes of at least 4 members (excludes halogenated alkanes) is 3. The number of rotatable bonds is 8. The van der Waals surface area contributed by atoms with Crippen LogP contribution in [0.15, 0.2) is 48.5 Å². The molecule has 0 fully saturated rings.